The van der Waals surface area contributed by atoms with Crippen LogP contribution in [0.3, 0.4) is 0 Å². The van der Waals surface area contributed by atoms with Crippen molar-refractivity contribution in [1.82, 2.24) is 35.5 Å². The van der Waals surface area contributed by atoms with Crippen molar-refractivity contribution in [2.45, 2.75) is 38.8 Å². The molecule has 10 heteroatoms. The molecule has 29 heavy (non-hydrogen) atoms. The number of aryl methyl sites for hydroxylation is 2. The van der Waals surface area contributed by atoms with Crippen molar-refractivity contribution in [2.75, 3.05) is 13.1 Å². The topological polar surface area (TPSA) is 106 Å². The molecule has 3 heterocycles. The number of hydrogen-bond donors (Lipinski definition) is 3. The Morgan fingerprint density at radius 3 is 2.10 bits per heavy atom. The van der Waals surface area contributed by atoms with Crippen LogP contribution in [0.4, 0.5) is 0 Å². The first-order valence-corrected chi connectivity index (χ1v) is 9.57. The molecule has 3 rings (SSSR count). The predicted octanol–water partition coefficient (Wildman–Crippen LogP) is 1.000. The molecule has 0 radical (unpaired) electrons. The molecule has 2 aromatic heterocycles. The maximum absolute atomic E-state index is 13.1. The number of aromatic nitrogens is 4. The van der Waals surface area contributed by atoms with E-state index in [1.54, 1.807) is 21.8 Å². The van der Waals surface area contributed by atoms with E-state index in [4.69, 9.17) is 0 Å². The van der Waals surface area contributed by atoms with E-state index in [2.05, 4.69) is 26.1 Å². The van der Waals surface area contributed by atoms with Crippen molar-refractivity contribution < 1.29 is 9.59 Å². The van der Waals surface area contributed by atoms with Crippen molar-refractivity contribution in [1.29, 1.82) is 0 Å². The smallest absolute Gasteiger partial charge is 0.228 e. The van der Waals surface area contributed by atoms with Crippen LogP contribution in [-0.4, -0.2) is 44.5 Å². The normalized spacial score (nSPS) is 20.6. The summed E-state index contributed by atoms with van der Waals surface area (Å²) in [6.07, 6.45) is 8.02. The van der Waals surface area contributed by atoms with Gasteiger partial charge < -0.3 is 16.0 Å². The van der Waals surface area contributed by atoms with Crippen LogP contribution in [0.25, 0.3) is 0 Å². The van der Waals surface area contributed by atoms with Crippen LogP contribution in [0.2, 0.25) is 0 Å². The molecule has 0 saturated carbocycles. The summed E-state index contributed by atoms with van der Waals surface area (Å²) in [4.78, 5) is 25.8. The standard InChI is InChI=1S/C19H29N7O2.ClH/c1-13(15-8-21-25(3)10-15)23-17(27)7-19(5-6-20-12-19)18(28)24-14(2)16-9-22-26(4)11-16;/h8-11,13-14,20H,5-7,12H2,1-4H3,(H,23,27)(H,24,28);1H. The molecule has 9 nitrogen and oxygen atoms in total. The van der Waals surface area contributed by atoms with E-state index in [0.29, 0.717) is 13.0 Å². The summed E-state index contributed by atoms with van der Waals surface area (Å²) >= 11 is 0. The Kier molecular flexibility index (Phi) is 7.43. The van der Waals surface area contributed by atoms with Gasteiger partial charge in [-0.25, -0.2) is 0 Å². The number of nitrogens with zero attached hydrogens (tertiary/aromatic N) is 4. The van der Waals surface area contributed by atoms with Gasteiger partial charge in [0.1, 0.15) is 0 Å². The van der Waals surface area contributed by atoms with Crippen LogP contribution in [-0.2, 0) is 23.7 Å². The Morgan fingerprint density at radius 2 is 1.66 bits per heavy atom. The van der Waals surface area contributed by atoms with E-state index in [1.165, 1.54) is 0 Å². The summed E-state index contributed by atoms with van der Waals surface area (Å²) in [5.41, 5.74) is 1.13. The number of nitrogens with one attached hydrogen (secondary N) is 3. The van der Waals surface area contributed by atoms with Crippen LogP contribution in [0.5, 0.6) is 0 Å². The molecule has 0 bridgehead atoms. The first kappa shape index (κ1) is 22.9. The average Bonchev–Trinajstić information content (AvgIpc) is 3.36. The highest BCUT2D eigenvalue weighted by atomic mass is 35.5. The van der Waals surface area contributed by atoms with Crippen molar-refractivity contribution in [3.63, 3.8) is 0 Å². The summed E-state index contributed by atoms with van der Waals surface area (Å²) in [6.45, 7) is 5.06. The van der Waals surface area contributed by atoms with Crippen LogP contribution < -0.4 is 16.0 Å². The molecular formula is C19H30ClN7O2. The van der Waals surface area contributed by atoms with Crippen LogP contribution in [0.1, 0.15) is 49.9 Å². The van der Waals surface area contributed by atoms with Gasteiger partial charge in [0.15, 0.2) is 0 Å². The molecule has 3 unspecified atom stereocenters. The SMILES string of the molecule is CC(NC(=O)CC1(C(=O)NC(C)c2cnn(C)c2)CCNC1)c1cnn(C)c1.Cl. The highest BCUT2D eigenvalue weighted by molar-refractivity contribution is 5.90. The zero-order chi connectivity index (χ0) is 20.3. The minimum Gasteiger partial charge on any atom is -0.349 e. The lowest BCUT2D eigenvalue weighted by Crippen LogP contribution is -2.46. The van der Waals surface area contributed by atoms with E-state index in [0.717, 1.165) is 17.7 Å². The fourth-order valence-electron chi connectivity index (χ4n) is 3.61. The second-order valence-electron chi connectivity index (χ2n) is 7.76. The zero-order valence-corrected chi connectivity index (χ0v) is 18.1. The Hall–Kier alpha value is -2.39. The second kappa shape index (κ2) is 9.41. The molecule has 1 saturated heterocycles. The quantitative estimate of drug-likeness (QED) is 0.616. The maximum atomic E-state index is 13.1. The van der Waals surface area contributed by atoms with E-state index in [-0.39, 0.29) is 42.7 Å². The first-order chi connectivity index (χ1) is 13.3. The Morgan fingerprint density at radius 1 is 1.10 bits per heavy atom. The van der Waals surface area contributed by atoms with E-state index in [9.17, 15) is 9.59 Å². The third-order valence-corrected chi connectivity index (χ3v) is 5.40. The number of rotatable bonds is 7. The second-order valence-corrected chi connectivity index (χ2v) is 7.76. The molecular weight excluding hydrogens is 394 g/mol. The molecule has 3 atom stereocenters. The highest BCUT2D eigenvalue weighted by Crippen LogP contribution is 2.31. The third kappa shape index (κ3) is 5.36. The molecule has 1 aliphatic rings. The van der Waals surface area contributed by atoms with Gasteiger partial charge in [0, 0.05) is 50.6 Å². The molecule has 2 aromatic rings. The number of carbonyl (C=O) groups is 2. The van der Waals surface area contributed by atoms with Gasteiger partial charge in [-0.15, -0.1) is 12.4 Å². The summed E-state index contributed by atoms with van der Waals surface area (Å²) in [7, 11) is 3.68. The average molecular weight is 424 g/mol. The number of hydrogen-bond acceptors (Lipinski definition) is 5. The zero-order valence-electron chi connectivity index (χ0n) is 17.3. The van der Waals surface area contributed by atoms with E-state index in [1.807, 2.05) is 40.3 Å². The van der Waals surface area contributed by atoms with Crippen molar-refractivity contribution in [3.05, 3.63) is 35.9 Å². The number of carbonyl (C=O) groups excluding carboxylic acids is 2. The Bertz CT molecular complexity index is 841. The molecule has 1 fully saturated rings. The van der Waals surface area contributed by atoms with Gasteiger partial charge in [0.25, 0.3) is 0 Å². The molecule has 1 aliphatic heterocycles. The Labute approximate surface area is 177 Å². The van der Waals surface area contributed by atoms with Gasteiger partial charge in [0.2, 0.25) is 11.8 Å². The predicted molar refractivity (Wildman–Crippen MR) is 111 cm³/mol. The number of halogens is 1. The maximum Gasteiger partial charge on any atom is 0.228 e. The lowest BCUT2D eigenvalue weighted by atomic mass is 9.81. The van der Waals surface area contributed by atoms with Crippen LogP contribution >= 0.6 is 12.4 Å². The number of amides is 2. The lowest BCUT2D eigenvalue weighted by Gasteiger charge is -2.28. The van der Waals surface area contributed by atoms with Gasteiger partial charge in [-0.1, -0.05) is 0 Å². The fourth-order valence-corrected chi connectivity index (χ4v) is 3.61. The van der Waals surface area contributed by atoms with E-state index >= 15 is 0 Å². The molecule has 3 N–H and O–H groups in total. The van der Waals surface area contributed by atoms with Crippen LogP contribution in [0.15, 0.2) is 24.8 Å². The van der Waals surface area contributed by atoms with Gasteiger partial charge in [-0.2, -0.15) is 10.2 Å². The van der Waals surface area contributed by atoms with Crippen molar-refractivity contribution >= 4 is 24.2 Å². The third-order valence-electron chi connectivity index (χ3n) is 5.40. The van der Waals surface area contributed by atoms with Gasteiger partial charge in [-0.05, 0) is 26.8 Å². The largest absolute Gasteiger partial charge is 0.349 e. The first-order valence-electron chi connectivity index (χ1n) is 9.57. The van der Waals surface area contributed by atoms with Gasteiger partial charge >= 0.3 is 0 Å². The minimum atomic E-state index is -0.741. The van der Waals surface area contributed by atoms with Gasteiger partial charge in [0.05, 0.1) is 29.9 Å². The lowest BCUT2D eigenvalue weighted by molar-refractivity contribution is -0.136. The summed E-state index contributed by atoms with van der Waals surface area (Å²) in [5, 5.41) is 17.6. The summed E-state index contributed by atoms with van der Waals surface area (Å²) < 4.78 is 3.41. The summed E-state index contributed by atoms with van der Waals surface area (Å²) in [6, 6.07) is -0.332. The Balaban J connectivity index is 0.00000300. The molecule has 0 spiro atoms. The molecule has 0 aliphatic carbocycles. The van der Waals surface area contributed by atoms with E-state index < -0.39 is 5.41 Å². The molecule has 2 amide bonds. The fraction of sp³-hybridized carbons (Fsp3) is 0.579. The van der Waals surface area contributed by atoms with Crippen molar-refractivity contribution in [2.24, 2.45) is 19.5 Å². The van der Waals surface area contributed by atoms with Gasteiger partial charge in [-0.3, -0.25) is 19.0 Å². The molecule has 0 aromatic carbocycles. The summed E-state index contributed by atoms with van der Waals surface area (Å²) in [5.74, 6) is -0.234. The molecule has 160 valence electrons. The monoisotopic (exact) mass is 423 g/mol. The minimum absolute atomic E-state index is 0. The van der Waals surface area contributed by atoms with Crippen molar-refractivity contribution in [3.8, 4) is 0 Å². The van der Waals surface area contributed by atoms with Crippen LogP contribution in [0, 0.1) is 5.41 Å². The highest BCUT2D eigenvalue weighted by Gasteiger charge is 2.43.